The number of anilines is 1. The quantitative estimate of drug-likeness (QED) is 0.685. The number of hydrogen-bond donors (Lipinski definition) is 1. The molecule has 0 saturated heterocycles. The maximum Gasteiger partial charge on any atom is 0.246 e. The van der Waals surface area contributed by atoms with Crippen molar-refractivity contribution >= 4 is 29.1 Å². The largest absolute Gasteiger partial charge is 0.375 e. The van der Waals surface area contributed by atoms with Crippen LogP contribution >= 0.6 is 23.4 Å². The average molecular weight is 332 g/mol. The highest BCUT2D eigenvalue weighted by atomic mass is 35.5. The zero-order valence-corrected chi connectivity index (χ0v) is 13.5. The van der Waals surface area contributed by atoms with E-state index in [0.29, 0.717) is 23.3 Å². The van der Waals surface area contributed by atoms with Gasteiger partial charge in [0.15, 0.2) is 0 Å². The van der Waals surface area contributed by atoms with E-state index in [4.69, 9.17) is 16.1 Å². The summed E-state index contributed by atoms with van der Waals surface area (Å²) in [6.07, 6.45) is 2.05. The topological polar surface area (TPSA) is 51.0 Å². The molecule has 1 aromatic heterocycles. The molecule has 0 fully saturated rings. The lowest BCUT2D eigenvalue weighted by Gasteiger charge is -2.07. The van der Waals surface area contributed by atoms with Crippen LogP contribution in [0, 0.1) is 0 Å². The molecule has 0 spiro atoms. The first-order valence-corrected chi connectivity index (χ1v) is 8.32. The fourth-order valence-electron chi connectivity index (χ4n) is 2.00. The lowest BCUT2D eigenvalue weighted by atomic mass is 10.2. The van der Waals surface area contributed by atoms with Gasteiger partial charge in [0, 0.05) is 21.2 Å². The van der Waals surface area contributed by atoms with Gasteiger partial charge in [-0.15, -0.1) is 11.8 Å². The Kier molecular flexibility index (Phi) is 4.65. The predicted octanol–water partition coefficient (Wildman–Crippen LogP) is 4.72. The Bertz CT molecular complexity index is 758. The Morgan fingerprint density at radius 2 is 1.91 bits per heavy atom. The molecule has 1 N–H and O–H groups in total. The second-order valence-corrected chi connectivity index (χ2v) is 5.86. The summed E-state index contributed by atoms with van der Waals surface area (Å²) in [6.45, 7) is 0.484. The summed E-state index contributed by atoms with van der Waals surface area (Å²) in [6, 6.07) is 15.5. The minimum Gasteiger partial charge on any atom is -0.375 e. The molecule has 0 radical (unpaired) electrons. The van der Waals surface area contributed by atoms with Crippen LogP contribution in [0.1, 0.15) is 5.89 Å². The molecule has 0 aliphatic rings. The van der Waals surface area contributed by atoms with Crippen molar-refractivity contribution in [3.05, 3.63) is 59.4 Å². The molecule has 22 heavy (non-hydrogen) atoms. The van der Waals surface area contributed by atoms with E-state index >= 15 is 0 Å². The molecule has 3 aromatic rings. The molecular weight excluding hydrogens is 318 g/mol. The van der Waals surface area contributed by atoms with E-state index in [1.807, 2.05) is 36.6 Å². The Morgan fingerprint density at radius 3 is 2.68 bits per heavy atom. The summed E-state index contributed by atoms with van der Waals surface area (Å²) in [5, 5.41) is 8.00. The number of rotatable bonds is 5. The predicted molar refractivity (Wildman–Crippen MR) is 90.3 cm³/mol. The van der Waals surface area contributed by atoms with Gasteiger partial charge in [-0.2, -0.15) is 4.98 Å². The van der Waals surface area contributed by atoms with Crippen LogP contribution in [0.2, 0.25) is 5.02 Å². The number of benzene rings is 2. The van der Waals surface area contributed by atoms with Gasteiger partial charge in [-0.05, 0) is 42.7 Å². The van der Waals surface area contributed by atoms with Crippen LogP contribution < -0.4 is 5.32 Å². The number of thioether (sulfide) groups is 1. The van der Waals surface area contributed by atoms with Crippen molar-refractivity contribution in [3.8, 4) is 11.4 Å². The first-order valence-electron chi connectivity index (χ1n) is 6.71. The summed E-state index contributed by atoms with van der Waals surface area (Å²) in [5.74, 6) is 1.10. The van der Waals surface area contributed by atoms with Gasteiger partial charge in [0.25, 0.3) is 0 Å². The van der Waals surface area contributed by atoms with Crippen LogP contribution in [0.15, 0.2) is 57.9 Å². The molecule has 0 aliphatic carbocycles. The second kappa shape index (κ2) is 6.85. The molecule has 6 heteroatoms. The van der Waals surface area contributed by atoms with E-state index < -0.39 is 0 Å². The van der Waals surface area contributed by atoms with Gasteiger partial charge >= 0.3 is 0 Å². The minimum absolute atomic E-state index is 0.484. The maximum atomic E-state index is 5.87. The number of halogens is 1. The van der Waals surface area contributed by atoms with Crippen LogP contribution in [0.3, 0.4) is 0 Å². The second-order valence-electron chi connectivity index (χ2n) is 4.57. The van der Waals surface area contributed by atoms with Crippen LogP contribution in [0.5, 0.6) is 0 Å². The smallest absolute Gasteiger partial charge is 0.246 e. The monoisotopic (exact) mass is 331 g/mol. The normalized spacial score (nSPS) is 10.6. The number of nitrogens with zero attached hydrogens (tertiary/aromatic N) is 2. The summed E-state index contributed by atoms with van der Waals surface area (Å²) in [4.78, 5) is 5.57. The first kappa shape index (κ1) is 14.9. The van der Waals surface area contributed by atoms with E-state index in [2.05, 4.69) is 21.5 Å². The van der Waals surface area contributed by atoms with Crippen molar-refractivity contribution in [3.63, 3.8) is 0 Å². The van der Waals surface area contributed by atoms with E-state index in [1.165, 1.54) is 4.90 Å². The maximum absolute atomic E-state index is 5.87. The zero-order chi connectivity index (χ0) is 15.4. The molecule has 0 saturated carbocycles. The number of para-hydroxylation sites is 1. The van der Waals surface area contributed by atoms with E-state index in [-0.39, 0.29) is 0 Å². The van der Waals surface area contributed by atoms with Crippen molar-refractivity contribution in [2.75, 3.05) is 11.6 Å². The molecule has 0 aliphatic heterocycles. The van der Waals surface area contributed by atoms with Crippen LogP contribution in [0.25, 0.3) is 11.4 Å². The molecule has 1 heterocycles. The summed E-state index contributed by atoms with van der Waals surface area (Å²) >= 11 is 7.57. The molecule has 4 nitrogen and oxygen atoms in total. The highest BCUT2D eigenvalue weighted by molar-refractivity contribution is 7.98. The third-order valence-corrected chi connectivity index (χ3v) is 4.16. The van der Waals surface area contributed by atoms with Gasteiger partial charge in [-0.25, -0.2) is 0 Å². The number of nitrogens with one attached hydrogen (secondary N) is 1. The van der Waals surface area contributed by atoms with E-state index in [0.717, 1.165) is 11.3 Å². The van der Waals surface area contributed by atoms with Gasteiger partial charge in [0.2, 0.25) is 11.7 Å². The number of aromatic nitrogens is 2. The fourth-order valence-corrected chi connectivity index (χ4v) is 2.71. The minimum atomic E-state index is 0.484. The van der Waals surface area contributed by atoms with Crippen molar-refractivity contribution in [2.45, 2.75) is 11.4 Å². The highest BCUT2D eigenvalue weighted by Gasteiger charge is 2.09. The van der Waals surface area contributed by atoms with Gasteiger partial charge in [0.1, 0.15) is 0 Å². The third kappa shape index (κ3) is 3.43. The molecule has 112 valence electrons. The molecular formula is C16H14ClN3OS. The Morgan fingerprint density at radius 1 is 1.14 bits per heavy atom. The molecule has 3 rings (SSSR count). The Hall–Kier alpha value is -1.98. The lowest BCUT2D eigenvalue weighted by molar-refractivity contribution is 0.384. The van der Waals surface area contributed by atoms with Crippen LogP contribution in [-0.2, 0) is 6.54 Å². The molecule has 2 aromatic carbocycles. The number of hydrogen-bond acceptors (Lipinski definition) is 5. The van der Waals surface area contributed by atoms with Gasteiger partial charge in [0.05, 0.1) is 6.54 Å². The zero-order valence-electron chi connectivity index (χ0n) is 11.9. The van der Waals surface area contributed by atoms with E-state index in [1.54, 1.807) is 23.9 Å². The average Bonchev–Trinajstić information content (AvgIpc) is 3.03. The Balaban J connectivity index is 1.71. The molecule has 0 bridgehead atoms. The Labute approximate surface area is 137 Å². The van der Waals surface area contributed by atoms with Crippen molar-refractivity contribution in [1.82, 2.24) is 10.1 Å². The fraction of sp³-hybridized carbons (Fsp3) is 0.125. The molecule has 0 unspecified atom stereocenters. The van der Waals surface area contributed by atoms with Crippen LogP contribution in [-0.4, -0.2) is 16.4 Å². The molecule has 0 amide bonds. The standard InChI is InChI=1S/C16H14ClN3OS/c1-22-14-5-3-2-4-13(14)18-10-15-19-16(20-21-15)11-6-8-12(17)9-7-11/h2-9,18H,10H2,1H3. The summed E-state index contributed by atoms with van der Waals surface area (Å²) < 4.78 is 5.28. The highest BCUT2D eigenvalue weighted by Crippen LogP contribution is 2.25. The SMILES string of the molecule is CSc1ccccc1NCc1nc(-c2ccc(Cl)cc2)no1. The first-order chi connectivity index (χ1) is 10.8. The van der Waals surface area contributed by atoms with Crippen molar-refractivity contribution in [2.24, 2.45) is 0 Å². The molecule has 0 atom stereocenters. The lowest BCUT2D eigenvalue weighted by Crippen LogP contribution is -2.00. The van der Waals surface area contributed by atoms with Crippen molar-refractivity contribution in [1.29, 1.82) is 0 Å². The van der Waals surface area contributed by atoms with Gasteiger partial charge in [-0.3, -0.25) is 0 Å². The summed E-state index contributed by atoms with van der Waals surface area (Å²) in [7, 11) is 0. The summed E-state index contributed by atoms with van der Waals surface area (Å²) in [5.41, 5.74) is 1.94. The third-order valence-electron chi connectivity index (χ3n) is 3.11. The van der Waals surface area contributed by atoms with Gasteiger partial charge in [-0.1, -0.05) is 28.9 Å². The van der Waals surface area contributed by atoms with Gasteiger partial charge < -0.3 is 9.84 Å². The van der Waals surface area contributed by atoms with Crippen LogP contribution in [0.4, 0.5) is 5.69 Å². The van der Waals surface area contributed by atoms with E-state index in [9.17, 15) is 0 Å². The van der Waals surface area contributed by atoms with Crippen molar-refractivity contribution < 1.29 is 4.52 Å².